The molecule has 0 bridgehead atoms. The lowest BCUT2D eigenvalue weighted by molar-refractivity contribution is 0.0868. The van der Waals surface area contributed by atoms with E-state index < -0.39 is 0 Å². The van der Waals surface area contributed by atoms with Crippen LogP contribution in [0, 0.1) is 0 Å². The van der Waals surface area contributed by atoms with Gasteiger partial charge in [0.25, 0.3) is 0 Å². The molecule has 1 saturated heterocycles. The molecule has 3 rings (SSSR count). The first-order valence-electron chi connectivity index (χ1n) is 7.27. The summed E-state index contributed by atoms with van der Waals surface area (Å²) in [5.41, 5.74) is 2.17. The van der Waals surface area contributed by atoms with Gasteiger partial charge in [0.2, 0.25) is 0 Å². The number of aromatic nitrogens is 2. The van der Waals surface area contributed by atoms with Gasteiger partial charge in [0.05, 0.1) is 6.33 Å². The van der Waals surface area contributed by atoms with Crippen LogP contribution in [0.15, 0.2) is 42.9 Å². The molecule has 1 fully saturated rings. The van der Waals surface area contributed by atoms with E-state index in [0.717, 1.165) is 37.2 Å². The highest BCUT2D eigenvalue weighted by Crippen LogP contribution is 2.26. The van der Waals surface area contributed by atoms with Gasteiger partial charge in [0, 0.05) is 30.9 Å². The van der Waals surface area contributed by atoms with Crippen molar-refractivity contribution in [2.45, 2.75) is 25.4 Å². The normalized spacial score (nSPS) is 15.9. The zero-order valence-electron chi connectivity index (χ0n) is 11.9. The number of amides is 1. The number of aromatic amines is 1. The molecule has 1 N–H and O–H groups in total. The molecule has 2 heterocycles. The van der Waals surface area contributed by atoms with Crippen LogP contribution < -0.4 is 0 Å². The van der Waals surface area contributed by atoms with Gasteiger partial charge in [-0.2, -0.15) is 0 Å². The Morgan fingerprint density at radius 1 is 1.29 bits per heavy atom. The topological polar surface area (TPSA) is 58.2 Å². The van der Waals surface area contributed by atoms with Crippen molar-refractivity contribution in [1.82, 2.24) is 14.9 Å². The van der Waals surface area contributed by atoms with Crippen molar-refractivity contribution in [2.24, 2.45) is 0 Å². The molecule has 2 aromatic rings. The van der Waals surface area contributed by atoms with Crippen molar-refractivity contribution in [3.63, 3.8) is 0 Å². The van der Waals surface area contributed by atoms with E-state index in [0.29, 0.717) is 12.5 Å². The molecule has 5 heteroatoms. The molecule has 0 spiro atoms. The summed E-state index contributed by atoms with van der Waals surface area (Å²) < 4.78 is 5.36. The fourth-order valence-corrected chi connectivity index (χ4v) is 2.67. The Morgan fingerprint density at radius 2 is 2.05 bits per heavy atom. The largest absolute Gasteiger partial charge is 0.445 e. The van der Waals surface area contributed by atoms with E-state index in [9.17, 15) is 4.79 Å². The van der Waals surface area contributed by atoms with Crippen LogP contribution in [0.5, 0.6) is 0 Å². The highest BCUT2D eigenvalue weighted by atomic mass is 16.6. The quantitative estimate of drug-likeness (QED) is 0.943. The number of nitrogens with zero attached hydrogens (tertiary/aromatic N) is 2. The molecule has 21 heavy (non-hydrogen) atoms. The van der Waals surface area contributed by atoms with E-state index in [1.807, 2.05) is 36.5 Å². The first kappa shape index (κ1) is 13.7. The van der Waals surface area contributed by atoms with E-state index in [4.69, 9.17) is 4.74 Å². The number of likely N-dealkylation sites (tertiary alicyclic amines) is 1. The molecule has 0 unspecified atom stereocenters. The monoisotopic (exact) mass is 285 g/mol. The summed E-state index contributed by atoms with van der Waals surface area (Å²) in [6.45, 7) is 1.80. The third-order valence-electron chi connectivity index (χ3n) is 3.92. The Hall–Kier alpha value is -2.30. The minimum absolute atomic E-state index is 0.220. The number of carbonyl (C=O) groups is 1. The van der Waals surface area contributed by atoms with Gasteiger partial charge in [-0.3, -0.25) is 0 Å². The van der Waals surface area contributed by atoms with Gasteiger partial charge in [0.15, 0.2) is 0 Å². The van der Waals surface area contributed by atoms with Gasteiger partial charge in [-0.15, -0.1) is 0 Å². The lowest BCUT2D eigenvalue weighted by Crippen LogP contribution is -2.38. The van der Waals surface area contributed by atoms with Gasteiger partial charge < -0.3 is 14.6 Å². The Labute approximate surface area is 124 Å². The summed E-state index contributed by atoms with van der Waals surface area (Å²) in [6, 6.07) is 9.75. The second kappa shape index (κ2) is 6.43. The zero-order chi connectivity index (χ0) is 14.5. The number of piperidine rings is 1. The molecule has 0 atom stereocenters. The van der Waals surface area contributed by atoms with Crippen LogP contribution in [-0.4, -0.2) is 34.1 Å². The van der Waals surface area contributed by atoms with Crippen LogP contribution in [0.25, 0.3) is 0 Å². The van der Waals surface area contributed by atoms with Crippen LogP contribution in [0.2, 0.25) is 0 Å². The summed E-state index contributed by atoms with van der Waals surface area (Å²) in [5, 5.41) is 0. The number of nitrogens with one attached hydrogen (secondary N) is 1. The third-order valence-corrected chi connectivity index (χ3v) is 3.92. The van der Waals surface area contributed by atoms with Crippen LogP contribution in [0.1, 0.15) is 30.0 Å². The number of rotatable bonds is 3. The van der Waals surface area contributed by atoms with E-state index in [1.54, 1.807) is 11.2 Å². The molecule has 1 aromatic carbocycles. The first-order chi connectivity index (χ1) is 10.3. The molecule has 1 aromatic heterocycles. The Kier molecular flexibility index (Phi) is 4.19. The average Bonchev–Trinajstić information content (AvgIpc) is 3.08. The molecular weight excluding hydrogens is 266 g/mol. The predicted octanol–water partition coefficient (Wildman–Crippen LogP) is 2.93. The molecule has 0 radical (unpaired) electrons. The maximum atomic E-state index is 12.0. The predicted molar refractivity (Wildman–Crippen MR) is 78.8 cm³/mol. The van der Waals surface area contributed by atoms with Crippen LogP contribution in [0.3, 0.4) is 0 Å². The Balaban J connectivity index is 1.47. The summed E-state index contributed by atoms with van der Waals surface area (Å²) in [4.78, 5) is 21.0. The lowest BCUT2D eigenvalue weighted by atomic mass is 9.94. The van der Waals surface area contributed by atoms with Gasteiger partial charge in [-0.05, 0) is 18.4 Å². The van der Waals surface area contributed by atoms with Crippen LogP contribution in [-0.2, 0) is 11.3 Å². The SMILES string of the molecule is O=C(OCc1ccccc1)N1CCC(c2cnc[nH]2)CC1. The van der Waals surface area contributed by atoms with Crippen molar-refractivity contribution >= 4 is 6.09 Å². The Morgan fingerprint density at radius 3 is 2.71 bits per heavy atom. The number of H-pyrrole nitrogens is 1. The average molecular weight is 285 g/mol. The van der Waals surface area contributed by atoms with Gasteiger partial charge in [-0.1, -0.05) is 30.3 Å². The Bertz CT molecular complexity index is 560. The fraction of sp³-hybridized carbons (Fsp3) is 0.375. The van der Waals surface area contributed by atoms with Crippen LogP contribution in [0.4, 0.5) is 4.79 Å². The van der Waals surface area contributed by atoms with Crippen molar-refractivity contribution in [3.05, 3.63) is 54.1 Å². The van der Waals surface area contributed by atoms with Crippen molar-refractivity contribution in [1.29, 1.82) is 0 Å². The molecule has 0 saturated carbocycles. The van der Waals surface area contributed by atoms with Crippen molar-refractivity contribution in [2.75, 3.05) is 13.1 Å². The first-order valence-corrected chi connectivity index (χ1v) is 7.27. The van der Waals surface area contributed by atoms with Crippen LogP contribution >= 0.6 is 0 Å². The summed E-state index contributed by atoms with van der Waals surface area (Å²) in [5.74, 6) is 0.464. The standard InChI is InChI=1S/C16H19N3O2/c20-16(21-11-13-4-2-1-3-5-13)19-8-6-14(7-9-19)15-10-17-12-18-15/h1-5,10,12,14H,6-9,11H2,(H,17,18). The van der Waals surface area contributed by atoms with Gasteiger partial charge in [0.1, 0.15) is 6.61 Å². The zero-order valence-corrected chi connectivity index (χ0v) is 11.9. The number of ether oxygens (including phenoxy) is 1. The second-order valence-electron chi connectivity index (χ2n) is 5.31. The summed E-state index contributed by atoms with van der Waals surface area (Å²) in [6.07, 6.45) is 5.25. The van der Waals surface area contributed by atoms with Gasteiger partial charge >= 0.3 is 6.09 Å². The molecule has 1 amide bonds. The highest BCUT2D eigenvalue weighted by Gasteiger charge is 2.25. The summed E-state index contributed by atoms with van der Waals surface area (Å²) in [7, 11) is 0. The summed E-state index contributed by atoms with van der Waals surface area (Å²) >= 11 is 0. The fourth-order valence-electron chi connectivity index (χ4n) is 2.67. The maximum Gasteiger partial charge on any atom is 0.410 e. The number of hydrogen-bond acceptors (Lipinski definition) is 3. The molecule has 5 nitrogen and oxygen atoms in total. The lowest BCUT2D eigenvalue weighted by Gasteiger charge is -2.30. The maximum absolute atomic E-state index is 12.0. The molecule has 0 aliphatic carbocycles. The highest BCUT2D eigenvalue weighted by molar-refractivity contribution is 5.67. The number of carbonyl (C=O) groups excluding carboxylic acids is 1. The molecule has 1 aliphatic rings. The smallest absolute Gasteiger partial charge is 0.410 e. The molecule has 110 valence electrons. The van der Waals surface area contributed by atoms with Gasteiger partial charge in [-0.25, -0.2) is 9.78 Å². The second-order valence-corrected chi connectivity index (χ2v) is 5.31. The minimum atomic E-state index is -0.220. The van der Waals surface area contributed by atoms with E-state index in [1.165, 1.54) is 0 Å². The minimum Gasteiger partial charge on any atom is -0.445 e. The van der Waals surface area contributed by atoms with E-state index in [-0.39, 0.29) is 6.09 Å². The van der Waals surface area contributed by atoms with Crippen molar-refractivity contribution < 1.29 is 9.53 Å². The van der Waals surface area contributed by atoms with E-state index in [2.05, 4.69) is 9.97 Å². The number of benzene rings is 1. The molecule has 1 aliphatic heterocycles. The molecular formula is C16H19N3O2. The van der Waals surface area contributed by atoms with E-state index >= 15 is 0 Å². The van der Waals surface area contributed by atoms with Crippen molar-refractivity contribution in [3.8, 4) is 0 Å². The third kappa shape index (κ3) is 3.42. The number of imidazole rings is 1. The number of hydrogen-bond donors (Lipinski definition) is 1.